The number of esters is 1. The van der Waals surface area contributed by atoms with E-state index in [-0.39, 0.29) is 18.1 Å². The lowest BCUT2D eigenvalue weighted by Gasteiger charge is -2.21. The van der Waals surface area contributed by atoms with Crippen molar-refractivity contribution in [3.8, 4) is 0 Å². The maximum Gasteiger partial charge on any atom is 0.328 e. The van der Waals surface area contributed by atoms with Crippen LogP contribution in [0.4, 0.5) is 0 Å². The Bertz CT molecular complexity index is 275. The summed E-state index contributed by atoms with van der Waals surface area (Å²) in [4.78, 5) is 33.5. The van der Waals surface area contributed by atoms with Crippen molar-refractivity contribution in [3.05, 3.63) is 0 Å². The standard InChI is InChI=1S/C11H19NO4/c1-5-7(2)10(11(15)16-4)12-9(14)6-8(3)13/h7,10H,5-6H2,1-4H3,(H,12,14)/t7-,10-/m0/s1. The molecular weight excluding hydrogens is 210 g/mol. The highest BCUT2D eigenvalue weighted by atomic mass is 16.5. The van der Waals surface area contributed by atoms with Crippen LogP contribution >= 0.6 is 0 Å². The number of rotatable bonds is 6. The van der Waals surface area contributed by atoms with Crippen LogP contribution in [0.15, 0.2) is 0 Å². The molecule has 0 aliphatic carbocycles. The zero-order chi connectivity index (χ0) is 12.7. The Balaban J connectivity index is 4.48. The summed E-state index contributed by atoms with van der Waals surface area (Å²) in [6.07, 6.45) is 0.532. The molecule has 5 nitrogen and oxygen atoms in total. The second kappa shape index (κ2) is 6.98. The molecule has 0 saturated carbocycles. The number of Topliss-reactive ketones (excluding diaryl/α,β-unsaturated/α-hetero) is 1. The molecule has 2 atom stereocenters. The molecule has 0 spiro atoms. The van der Waals surface area contributed by atoms with E-state index < -0.39 is 17.9 Å². The van der Waals surface area contributed by atoms with E-state index in [1.54, 1.807) is 0 Å². The number of carbonyl (C=O) groups excluding carboxylic acids is 3. The Kier molecular flexibility index (Phi) is 6.37. The van der Waals surface area contributed by atoms with E-state index in [2.05, 4.69) is 10.1 Å². The van der Waals surface area contributed by atoms with Crippen LogP contribution in [-0.4, -0.2) is 30.8 Å². The highest BCUT2D eigenvalue weighted by molar-refractivity contribution is 5.98. The quantitative estimate of drug-likeness (QED) is 0.536. The third-order valence-electron chi connectivity index (χ3n) is 2.39. The van der Waals surface area contributed by atoms with E-state index in [1.807, 2.05) is 13.8 Å². The first-order valence-corrected chi connectivity index (χ1v) is 5.29. The molecule has 0 saturated heterocycles. The smallest absolute Gasteiger partial charge is 0.328 e. The first-order valence-electron chi connectivity index (χ1n) is 5.29. The molecule has 0 heterocycles. The number of ketones is 1. The fraction of sp³-hybridized carbons (Fsp3) is 0.727. The van der Waals surface area contributed by atoms with Gasteiger partial charge in [-0.15, -0.1) is 0 Å². The van der Waals surface area contributed by atoms with Crippen molar-refractivity contribution in [3.63, 3.8) is 0 Å². The van der Waals surface area contributed by atoms with Crippen molar-refractivity contribution in [1.82, 2.24) is 5.32 Å². The topological polar surface area (TPSA) is 72.5 Å². The van der Waals surface area contributed by atoms with Crippen LogP contribution in [0.2, 0.25) is 0 Å². The predicted molar refractivity (Wildman–Crippen MR) is 58.7 cm³/mol. The third-order valence-corrected chi connectivity index (χ3v) is 2.39. The van der Waals surface area contributed by atoms with Gasteiger partial charge in [0, 0.05) is 0 Å². The van der Waals surface area contributed by atoms with Gasteiger partial charge in [0.25, 0.3) is 0 Å². The maximum atomic E-state index is 11.4. The number of ether oxygens (including phenoxy) is 1. The minimum Gasteiger partial charge on any atom is -0.467 e. The molecule has 0 aromatic heterocycles. The molecule has 0 bridgehead atoms. The second-order valence-electron chi connectivity index (χ2n) is 3.83. The van der Waals surface area contributed by atoms with Crippen molar-refractivity contribution in [1.29, 1.82) is 0 Å². The molecule has 0 fully saturated rings. The van der Waals surface area contributed by atoms with Gasteiger partial charge in [0.05, 0.1) is 13.5 Å². The maximum absolute atomic E-state index is 11.4. The second-order valence-corrected chi connectivity index (χ2v) is 3.83. The monoisotopic (exact) mass is 229 g/mol. The van der Waals surface area contributed by atoms with Crippen molar-refractivity contribution < 1.29 is 19.1 Å². The average Bonchev–Trinajstić information content (AvgIpc) is 2.22. The molecule has 0 aromatic carbocycles. The van der Waals surface area contributed by atoms with Gasteiger partial charge < -0.3 is 10.1 Å². The molecule has 92 valence electrons. The number of amides is 1. The van der Waals surface area contributed by atoms with Crippen molar-refractivity contribution in [2.75, 3.05) is 7.11 Å². The zero-order valence-electron chi connectivity index (χ0n) is 10.2. The van der Waals surface area contributed by atoms with Gasteiger partial charge in [0.1, 0.15) is 11.8 Å². The summed E-state index contributed by atoms with van der Waals surface area (Å²) in [5.74, 6) is -1.18. The SMILES string of the molecule is CC[C@H](C)[C@H](NC(=O)CC(C)=O)C(=O)OC. The Morgan fingerprint density at radius 2 is 1.88 bits per heavy atom. The lowest BCUT2D eigenvalue weighted by atomic mass is 9.99. The highest BCUT2D eigenvalue weighted by Crippen LogP contribution is 2.09. The van der Waals surface area contributed by atoms with Gasteiger partial charge in [-0.25, -0.2) is 4.79 Å². The van der Waals surface area contributed by atoms with Crippen LogP contribution in [-0.2, 0) is 19.1 Å². The van der Waals surface area contributed by atoms with Crippen molar-refractivity contribution >= 4 is 17.7 Å². The molecular formula is C11H19NO4. The molecule has 0 aliphatic rings. The van der Waals surface area contributed by atoms with Crippen molar-refractivity contribution in [2.45, 2.75) is 39.7 Å². The highest BCUT2D eigenvalue weighted by Gasteiger charge is 2.26. The number of methoxy groups -OCH3 is 1. The third kappa shape index (κ3) is 4.91. The van der Waals surface area contributed by atoms with E-state index in [9.17, 15) is 14.4 Å². The normalized spacial score (nSPS) is 13.8. The predicted octanol–water partition coefficient (Wildman–Crippen LogP) is 0.669. The molecule has 0 aliphatic heterocycles. The molecule has 0 radical (unpaired) electrons. The van der Waals surface area contributed by atoms with Gasteiger partial charge in [0.2, 0.25) is 5.91 Å². The summed E-state index contributed by atoms with van der Waals surface area (Å²) in [6, 6.07) is -0.679. The molecule has 0 unspecified atom stereocenters. The summed E-state index contributed by atoms with van der Waals surface area (Å²) in [5, 5.41) is 2.52. The lowest BCUT2D eigenvalue weighted by Crippen LogP contribution is -2.46. The minimum absolute atomic E-state index is 0.0247. The summed E-state index contributed by atoms with van der Waals surface area (Å²) < 4.78 is 4.60. The van der Waals surface area contributed by atoms with Crippen LogP contribution < -0.4 is 5.32 Å². The summed E-state index contributed by atoms with van der Waals surface area (Å²) in [6.45, 7) is 5.09. The Morgan fingerprint density at radius 3 is 2.25 bits per heavy atom. The summed E-state index contributed by atoms with van der Waals surface area (Å²) >= 11 is 0. The van der Waals surface area contributed by atoms with Crippen LogP contribution in [0.3, 0.4) is 0 Å². The molecule has 0 rings (SSSR count). The van der Waals surface area contributed by atoms with Crippen molar-refractivity contribution in [2.24, 2.45) is 5.92 Å². The van der Waals surface area contributed by atoms with E-state index in [0.29, 0.717) is 0 Å². The van der Waals surface area contributed by atoms with Crippen LogP contribution in [0.25, 0.3) is 0 Å². The van der Waals surface area contributed by atoms with Crippen LogP contribution in [0, 0.1) is 5.92 Å². The van der Waals surface area contributed by atoms with Gasteiger partial charge in [-0.1, -0.05) is 20.3 Å². The van der Waals surface area contributed by atoms with E-state index in [4.69, 9.17) is 0 Å². The fourth-order valence-electron chi connectivity index (χ4n) is 1.25. The summed E-state index contributed by atoms with van der Waals surface area (Å²) in [5.41, 5.74) is 0. The first kappa shape index (κ1) is 14.6. The molecule has 1 N–H and O–H groups in total. The van der Waals surface area contributed by atoms with Gasteiger partial charge in [-0.3, -0.25) is 9.59 Å². The minimum atomic E-state index is -0.679. The zero-order valence-corrected chi connectivity index (χ0v) is 10.2. The van der Waals surface area contributed by atoms with E-state index >= 15 is 0 Å². The van der Waals surface area contributed by atoms with Gasteiger partial charge >= 0.3 is 5.97 Å². The largest absolute Gasteiger partial charge is 0.467 e. The van der Waals surface area contributed by atoms with Crippen LogP contribution in [0.5, 0.6) is 0 Å². The number of hydrogen-bond acceptors (Lipinski definition) is 4. The molecule has 5 heteroatoms. The Labute approximate surface area is 95.5 Å². The first-order chi connectivity index (χ1) is 7.42. The fourth-order valence-corrected chi connectivity index (χ4v) is 1.25. The molecule has 1 amide bonds. The van der Waals surface area contributed by atoms with Gasteiger partial charge in [-0.05, 0) is 12.8 Å². The molecule has 0 aromatic rings. The number of hydrogen-bond donors (Lipinski definition) is 1. The van der Waals surface area contributed by atoms with E-state index in [1.165, 1.54) is 14.0 Å². The lowest BCUT2D eigenvalue weighted by molar-refractivity contribution is -0.147. The number of carbonyl (C=O) groups is 3. The van der Waals surface area contributed by atoms with Crippen LogP contribution in [0.1, 0.15) is 33.6 Å². The number of nitrogens with one attached hydrogen (secondary N) is 1. The Morgan fingerprint density at radius 1 is 1.31 bits per heavy atom. The summed E-state index contributed by atoms with van der Waals surface area (Å²) in [7, 11) is 1.27. The van der Waals surface area contributed by atoms with E-state index in [0.717, 1.165) is 6.42 Å². The van der Waals surface area contributed by atoms with Gasteiger partial charge in [-0.2, -0.15) is 0 Å². The Hall–Kier alpha value is -1.39. The average molecular weight is 229 g/mol. The van der Waals surface area contributed by atoms with Gasteiger partial charge in [0.15, 0.2) is 0 Å². The molecule has 16 heavy (non-hydrogen) atoms.